The number of hydrogen-bond donors (Lipinski definition) is 2. The molecule has 0 bridgehead atoms. The molecule has 1 aromatic rings. The summed E-state index contributed by atoms with van der Waals surface area (Å²) in [6.45, 7) is 7.47. The molecule has 1 aliphatic heterocycles. The molecule has 2 N–H and O–H groups in total. The monoisotopic (exact) mass is 304 g/mol. The lowest BCUT2D eigenvalue weighted by Gasteiger charge is -2.24. The summed E-state index contributed by atoms with van der Waals surface area (Å²) in [7, 11) is 0. The fourth-order valence-corrected chi connectivity index (χ4v) is 3.10. The van der Waals surface area contributed by atoms with Crippen LogP contribution in [-0.4, -0.2) is 41.1 Å². The number of amides is 1. The molecule has 122 valence electrons. The van der Waals surface area contributed by atoms with Crippen LogP contribution in [-0.2, 0) is 4.79 Å². The maximum Gasteiger partial charge on any atom is 0.238 e. The first kappa shape index (κ1) is 17.0. The Bertz CT molecular complexity index is 482. The Labute approximate surface area is 133 Å². The zero-order valence-corrected chi connectivity index (χ0v) is 13.9. The second-order valence-corrected chi connectivity index (χ2v) is 6.68. The lowest BCUT2D eigenvalue weighted by Crippen LogP contribution is -2.38. The van der Waals surface area contributed by atoms with Crippen LogP contribution in [0.3, 0.4) is 0 Å². The summed E-state index contributed by atoms with van der Waals surface area (Å²) < 4.78 is 0. The molecule has 4 heteroatoms. The van der Waals surface area contributed by atoms with Gasteiger partial charge in [0.05, 0.1) is 12.6 Å². The van der Waals surface area contributed by atoms with E-state index in [0.717, 1.165) is 31.5 Å². The minimum Gasteiger partial charge on any atom is -0.393 e. The number of carbonyl (C=O) groups excluding carboxylic acids is 1. The SMILES string of the molecule is CC(O)CC1CCCN1CC(=O)Nc1ccc(C(C)C)cc1. The van der Waals surface area contributed by atoms with Gasteiger partial charge in [0, 0.05) is 11.7 Å². The van der Waals surface area contributed by atoms with Gasteiger partial charge in [-0.15, -0.1) is 0 Å². The van der Waals surface area contributed by atoms with E-state index >= 15 is 0 Å². The molecule has 2 unspecified atom stereocenters. The summed E-state index contributed by atoms with van der Waals surface area (Å²) in [6, 6.07) is 8.38. The van der Waals surface area contributed by atoms with Crippen LogP contribution in [0, 0.1) is 0 Å². The topological polar surface area (TPSA) is 52.6 Å². The number of nitrogens with one attached hydrogen (secondary N) is 1. The van der Waals surface area contributed by atoms with Gasteiger partial charge in [-0.05, 0) is 56.3 Å². The van der Waals surface area contributed by atoms with E-state index in [-0.39, 0.29) is 12.0 Å². The molecular weight excluding hydrogens is 276 g/mol. The Morgan fingerprint density at radius 2 is 2.00 bits per heavy atom. The molecule has 0 saturated carbocycles. The lowest BCUT2D eigenvalue weighted by molar-refractivity contribution is -0.117. The molecular formula is C18H28N2O2. The van der Waals surface area contributed by atoms with Crippen LogP contribution in [0.2, 0.25) is 0 Å². The molecule has 22 heavy (non-hydrogen) atoms. The minimum atomic E-state index is -0.308. The first-order valence-corrected chi connectivity index (χ1v) is 8.27. The third kappa shape index (κ3) is 4.82. The van der Waals surface area contributed by atoms with Crippen molar-refractivity contribution >= 4 is 11.6 Å². The molecule has 1 aliphatic rings. The van der Waals surface area contributed by atoms with Gasteiger partial charge in [0.15, 0.2) is 0 Å². The van der Waals surface area contributed by atoms with Gasteiger partial charge in [-0.3, -0.25) is 9.69 Å². The molecule has 0 spiro atoms. The molecule has 4 nitrogen and oxygen atoms in total. The van der Waals surface area contributed by atoms with Crippen molar-refractivity contribution in [3.8, 4) is 0 Å². The molecule has 1 aromatic carbocycles. The fraction of sp³-hybridized carbons (Fsp3) is 0.611. The molecule has 0 aliphatic carbocycles. The maximum absolute atomic E-state index is 12.2. The molecule has 2 atom stereocenters. The normalized spacial score (nSPS) is 20.3. The largest absolute Gasteiger partial charge is 0.393 e. The Hall–Kier alpha value is -1.39. The number of anilines is 1. The maximum atomic E-state index is 12.2. The number of carbonyl (C=O) groups is 1. The highest BCUT2D eigenvalue weighted by Gasteiger charge is 2.27. The van der Waals surface area contributed by atoms with E-state index in [1.54, 1.807) is 0 Å². The van der Waals surface area contributed by atoms with Crippen molar-refractivity contribution in [3.05, 3.63) is 29.8 Å². The van der Waals surface area contributed by atoms with E-state index in [1.807, 2.05) is 19.1 Å². The van der Waals surface area contributed by atoms with E-state index in [0.29, 0.717) is 18.5 Å². The van der Waals surface area contributed by atoms with Crippen LogP contribution < -0.4 is 5.32 Å². The standard InChI is InChI=1S/C18H28N2O2/c1-13(2)15-6-8-16(9-7-15)19-18(22)12-20-10-4-5-17(20)11-14(3)21/h6-9,13-14,17,21H,4-5,10-12H2,1-3H3,(H,19,22). The van der Waals surface area contributed by atoms with Crippen molar-refractivity contribution in [1.82, 2.24) is 4.90 Å². The molecule has 1 saturated heterocycles. The Morgan fingerprint density at radius 3 is 2.59 bits per heavy atom. The molecule has 2 rings (SSSR count). The van der Waals surface area contributed by atoms with Crippen LogP contribution in [0.1, 0.15) is 51.5 Å². The summed E-state index contributed by atoms with van der Waals surface area (Å²) in [4.78, 5) is 14.4. The third-order valence-corrected chi connectivity index (χ3v) is 4.32. The average molecular weight is 304 g/mol. The zero-order chi connectivity index (χ0) is 16.1. The van der Waals surface area contributed by atoms with Crippen molar-refractivity contribution in [1.29, 1.82) is 0 Å². The number of aliphatic hydroxyl groups is 1. The highest BCUT2D eigenvalue weighted by molar-refractivity contribution is 5.92. The smallest absolute Gasteiger partial charge is 0.238 e. The molecule has 1 amide bonds. The zero-order valence-electron chi connectivity index (χ0n) is 13.9. The van der Waals surface area contributed by atoms with Gasteiger partial charge >= 0.3 is 0 Å². The average Bonchev–Trinajstić information content (AvgIpc) is 2.85. The number of aliphatic hydroxyl groups excluding tert-OH is 1. The highest BCUT2D eigenvalue weighted by atomic mass is 16.3. The molecule has 1 heterocycles. The van der Waals surface area contributed by atoms with Crippen molar-refractivity contribution < 1.29 is 9.90 Å². The first-order chi connectivity index (χ1) is 10.5. The van der Waals surface area contributed by atoms with E-state index in [9.17, 15) is 9.90 Å². The molecule has 0 radical (unpaired) electrons. The summed E-state index contributed by atoms with van der Waals surface area (Å²) in [5.74, 6) is 0.519. The van der Waals surface area contributed by atoms with Crippen molar-refractivity contribution in [2.75, 3.05) is 18.4 Å². The predicted octanol–water partition coefficient (Wildman–Crippen LogP) is 2.98. The Morgan fingerprint density at radius 1 is 1.32 bits per heavy atom. The molecule has 1 fully saturated rings. The Kier molecular flexibility index (Phi) is 5.98. The fourth-order valence-electron chi connectivity index (χ4n) is 3.10. The van der Waals surface area contributed by atoms with Crippen molar-refractivity contribution in [3.63, 3.8) is 0 Å². The van der Waals surface area contributed by atoms with Gasteiger partial charge in [-0.1, -0.05) is 26.0 Å². The number of rotatable bonds is 6. The van der Waals surface area contributed by atoms with E-state index in [2.05, 4.69) is 36.2 Å². The summed E-state index contributed by atoms with van der Waals surface area (Å²) in [5, 5.41) is 12.5. The second kappa shape index (κ2) is 7.75. The van der Waals surface area contributed by atoms with Gasteiger partial charge in [0.2, 0.25) is 5.91 Å². The van der Waals surface area contributed by atoms with Crippen LogP contribution in [0.5, 0.6) is 0 Å². The van der Waals surface area contributed by atoms with Crippen LogP contribution in [0.25, 0.3) is 0 Å². The summed E-state index contributed by atoms with van der Waals surface area (Å²) in [5.41, 5.74) is 2.12. The first-order valence-electron chi connectivity index (χ1n) is 8.27. The van der Waals surface area contributed by atoms with Gasteiger partial charge in [0.25, 0.3) is 0 Å². The van der Waals surface area contributed by atoms with Crippen LogP contribution in [0.15, 0.2) is 24.3 Å². The van der Waals surface area contributed by atoms with Gasteiger partial charge in [0.1, 0.15) is 0 Å². The van der Waals surface area contributed by atoms with Gasteiger partial charge in [-0.25, -0.2) is 0 Å². The van der Waals surface area contributed by atoms with Crippen LogP contribution in [0.4, 0.5) is 5.69 Å². The summed E-state index contributed by atoms with van der Waals surface area (Å²) >= 11 is 0. The quantitative estimate of drug-likeness (QED) is 0.849. The highest BCUT2D eigenvalue weighted by Crippen LogP contribution is 2.21. The van der Waals surface area contributed by atoms with E-state index in [1.165, 1.54) is 5.56 Å². The number of benzene rings is 1. The van der Waals surface area contributed by atoms with E-state index in [4.69, 9.17) is 0 Å². The van der Waals surface area contributed by atoms with Crippen molar-refractivity contribution in [2.45, 2.75) is 58.1 Å². The van der Waals surface area contributed by atoms with Gasteiger partial charge in [-0.2, -0.15) is 0 Å². The summed E-state index contributed by atoms with van der Waals surface area (Å²) in [6.07, 6.45) is 2.61. The van der Waals surface area contributed by atoms with E-state index < -0.39 is 0 Å². The predicted molar refractivity (Wildman–Crippen MR) is 90.1 cm³/mol. The number of hydrogen-bond acceptors (Lipinski definition) is 3. The lowest BCUT2D eigenvalue weighted by atomic mass is 10.0. The van der Waals surface area contributed by atoms with Crippen molar-refractivity contribution in [2.24, 2.45) is 0 Å². The molecule has 0 aromatic heterocycles. The second-order valence-electron chi connectivity index (χ2n) is 6.68. The third-order valence-electron chi connectivity index (χ3n) is 4.32. The van der Waals surface area contributed by atoms with Crippen LogP contribution >= 0.6 is 0 Å². The number of nitrogens with zero attached hydrogens (tertiary/aromatic N) is 1. The minimum absolute atomic E-state index is 0.0230. The number of likely N-dealkylation sites (tertiary alicyclic amines) is 1. The Balaban J connectivity index is 1.87. The van der Waals surface area contributed by atoms with Gasteiger partial charge < -0.3 is 10.4 Å².